The zero-order valence-corrected chi connectivity index (χ0v) is 13.0. The third kappa shape index (κ3) is 3.88. The van der Waals surface area contributed by atoms with E-state index in [2.05, 4.69) is 42.3 Å². The van der Waals surface area contributed by atoms with Crippen molar-refractivity contribution in [2.75, 3.05) is 6.54 Å². The fourth-order valence-corrected chi connectivity index (χ4v) is 3.08. The summed E-state index contributed by atoms with van der Waals surface area (Å²) in [6.45, 7) is 5.89. The molecule has 20 heavy (non-hydrogen) atoms. The minimum Gasteiger partial charge on any atom is -0.326 e. The van der Waals surface area contributed by atoms with Crippen molar-refractivity contribution in [1.82, 2.24) is 10.3 Å². The third-order valence-electron chi connectivity index (χ3n) is 3.47. The van der Waals surface area contributed by atoms with E-state index in [9.17, 15) is 0 Å². The summed E-state index contributed by atoms with van der Waals surface area (Å²) in [6, 6.07) is 8.70. The van der Waals surface area contributed by atoms with E-state index >= 15 is 0 Å². The molecule has 0 radical (unpaired) electrons. The summed E-state index contributed by atoms with van der Waals surface area (Å²) < 4.78 is 0. The molecule has 3 nitrogen and oxygen atoms in total. The van der Waals surface area contributed by atoms with Crippen LogP contribution in [-0.4, -0.2) is 11.5 Å². The smallest absolute Gasteiger partial charge is 0.109 e. The fourth-order valence-electron chi connectivity index (χ4n) is 2.20. The van der Waals surface area contributed by atoms with Gasteiger partial charge in [-0.05, 0) is 37.4 Å². The largest absolute Gasteiger partial charge is 0.326 e. The third-order valence-corrected chi connectivity index (χ3v) is 4.80. The molecule has 4 heteroatoms. The second kappa shape index (κ2) is 7.53. The van der Waals surface area contributed by atoms with Crippen LogP contribution in [-0.2, 0) is 19.4 Å². The molecular weight excluding hydrogens is 266 g/mol. The number of thiazole rings is 1. The second-order valence-corrected chi connectivity index (χ2v) is 6.06. The molecule has 1 atom stereocenters. The molecule has 1 aromatic carbocycles. The van der Waals surface area contributed by atoms with Gasteiger partial charge in [0, 0.05) is 17.6 Å². The van der Waals surface area contributed by atoms with Crippen molar-refractivity contribution in [2.45, 2.75) is 39.3 Å². The molecule has 3 N–H and O–H groups in total. The van der Waals surface area contributed by atoms with Crippen LogP contribution in [0.3, 0.4) is 0 Å². The van der Waals surface area contributed by atoms with Gasteiger partial charge in [-0.3, -0.25) is 0 Å². The van der Waals surface area contributed by atoms with Crippen LogP contribution in [0.4, 0.5) is 0 Å². The van der Waals surface area contributed by atoms with Gasteiger partial charge in [0.1, 0.15) is 5.01 Å². The molecule has 1 aromatic heterocycles. The van der Waals surface area contributed by atoms with Crippen molar-refractivity contribution in [1.29, 1.82) is 0 Å². The van der Waals surface area contributed by atoms with Crippen molar-refractivity contribution in [3.05, 3.63) is 51.5 Å². The first-order valence-corrected chi connectivity index (χ1v) is 8.01. The van der Waals surface area contributed by atoms with Crippen molar-refractivity contribution < 1.29 is 0 Å². The number of nitrogens with two attached hydrogens (primary N) is 1. The van der Waals surface area contributed by atoms with E-state index in [1.807, 2.05) is 12.3 Å². The maximum Gasteiger partial charge on any atom is 0.109 e. The highest BCUT2D eigenvalue weighted by Crippen LogP contribution is 2.20. The molecule has 0 fully saturated rings. The molecule has 108 valence electrons. The van der Waals surface area contributed by atoms with Crippen LogP contribution in [0.25, 0.3) is 0 Å². The molecule has 0 aliphatic carbocycles. The Hall–Kier alpha value is -1.23. The first kappa shape index (κ1) is 15.2. The number of rotatable bonds is 7. The lowest BCUT2D eigenvalue weighted by molar-refractivity contribution is 0.573. The Labute approximate surface area is 125 Å². The van der Waals surface area contributed by atoms with Gasteiger partial charge >= 0.3 is 0 Å². The summed E-state index contributed by atoms with van der Waals surface area (Å²) in [5.74, 6) is 0. The quantitative estimate of drug-likeness (QED) is 0.823. The lowest BCUT2D eigenvalue weighted by Crippen LogP contribution is -2.21. The Balaban J connectivity index is 1.86. The first-order chi connectivity index (χ1) is 9.74. The summed E-state index contributed by atoms with van der Waals surface area (Å²) in [4.78, 5) is 5.83. The Morgan fingerprint density at radius 2 is 2.05 bits per heavy atom. The number of aromatic nitrogens is 1. The van der Waals surface area contributed by atoms with Gasteiger partial charge in [0.05, 0.1) is 6.04 Å². The van der Waals surface area contributed by atoms with Crippen LogP contribution in [0.15, 0.2) is 30.5 Å². The molecule has 0 saturated heterocycles. The molecule has 0 aliphatic heterocycles. The van der Waals surface area contributed by atoms with Gasteiger partial charge in [-0.2, -0.15) is 0 Å². The summed E-state index contributed by atoms with van der Waals surface area (Å²) in [5, 5.41) is 4.72. The Kier molecular flexibility index (Phi) is 5.71. The highest BCUT2D eigenvalue weighted by molar-refractivity contribution is 7.11. The number of nitrogens with one attached hydrogen (secondary N) is 1. The zero-order valence-electron chi connectivity index (χ0n) is 12.2. The van der Waals surface area contributed by atoms with Crippen molar-refractivity contribution >= 4 is 11.3 Å². The summed E-state index contributed by atoms with van der Waals surface area (Å²) in [5.41, 5.74) is 8.34. The lowest BCUT2D eigenvalue weighted by atomic mass is 10.0. The van der Waals surface area contributed by atoms with E-state index in [0.717, 1.165) is 19.4 Å². The van der Waals surface area contributed by atoms with Gasteiger partial charge in [-0.15, -0.1) is 11.3 Å². The number of hydrogen-bond acceptors (Lipinski definition) is 4. The summed E-state index contributed by atoms with van der Waals surface area (Å²) in [7, 11) is 0. The highest BCUT2D eigenvalue weighted by Gasteiger charge is 2.09. The molecule has 0 saturated carbocycles. The molecule has 2 aromatic rings. The van der Waals surface area contributed by atoms with Gasteiger partial charge in [-0.25, -0.2) is 4.98 Å². The molecule has 2 rings (SSSR count). The normalized spacial score (nSPS) is 12.6. The summed E-state index contributed by atoms with van der Waals surface area (Å²) >= 11 is 1.80. The number of hydrogen-bond donors (Lipinski definition) is 2. The van der Waals surface area contributed by atoms with Gasteiger partial charge in [0.15, 0.2) is 0 Å². The number of aryl methyl sites for hydroxylation is 1. The Morgan fingerprint density at radius 3 is 2.70 bits per heavy atom. The standard InChI is InChI=1S/C16H23N3S/c1-3-15-11-19-16(20-15)12(2)18-9-8-13-6-4-5-7-14(13)10-17/h4-7,11-12,18H,3,8-10,17H2,1-2H3. The number of nitrogens with zero attached hydrogens (tertiary/aromatic N) is 1. The minimum atomic E-state index is 0.310. The second-order valence-electron chi connectivity index (χ2n) is 4.92. The van der Waals surface area contributed by atoms with Gasteiger partial charge in [0.25, 0.3) is 0 Å². The van der Waals surface area contributed by atoms with Gasteiger partial charge in [0.2, 0.25) is 0 Å². The Bertz CT molecular complexity index is 536. The van der Waals surface area contributed by atoms with Crippen LogP contribution < -0.4 is 11.1 Å². The average molecular weight is 289 g/mol. The first-order valence-electron chi connectivity index (χ1n) is 7.19. The average Bonchev–Trinajstić information content (AvgIpc) is 2.96. The molecule has 0 spiro atoms. The van der Waals surface area contributed by atoms with Crippen molar-refractivity contribution in [3.8, 4) is 0 Å². The fraction of sp³-hybridized carbons (Fsp3) is 0.438. The molecule has 0 aliphatic rings. The maximum absolute atomic E-state index is 5.76. The summed E-state index contributed by atoms with van der Waals surface area (Å²) in [6.07, 6.45) is 4.06. The van der Waals surface area contributed by atoms with E-state index in [1.165, 1.54) is 21.0 Å². The maximum atomic E-state index is 5.76. The number of benzene rings is 1. The topological polar surface area (TPSA) is 50.9 Å². The molecule has 0 bridgehead atoms. The van der Waals surface area contributed by atoms with E-state index in [1.54, 1.807) is 11.3 Å². The van der Waals surface area contributed by atoms with Gasteiger partial charge < -0.3 is 11.1 Å². The zero-order chi connectivity index (χ0) is 14.4. The molecule has 1 heterocycles. The Morgan fingerprint density at radius 1 is 1.30 bits per heavy atom. The van der Waals surface area contributed by atoms with Crippen LogP contribution in [0, 0.1) is 0 Å². The van der Waals surface area contributed by atoms with Crippen molar-refractivity contribution in [2.24, 2.45) is 5.73 Å². The molecule has 1 unspecified atom stereocenters. The minimum absolute atomic E-state index is 0.310. The van der Waals surface area contributed by atoms with Crippen LogP contribution in [0.5, 0.6) is 0 Å². The predicted octanol–water partition coefficient (Wildman–Crippen LogP) is 3.06. The molecular formula is C16H23N3S. The predicted molar refractivity (Wildman–Crippen MR) is 85.9 cm³/mol. The highest BCUT2D eigenvalue weighted by atomic mass is 32.1. The van der Waals surface area contributed by atoms with E-state index < -0.39 is 0 Å². The van der Waals surface area contributed by atoms with Crippen LogP contribution >= 0.6 is 11.3 Å². The van der Waals surface area contributed by atoms with Gasteiger partial charge in [-0.1, -0.05) is 31.2 Å². The van der Waals surface area contributed by atoms with Crippen molar-refractivity contribution in [3.63, 3.8) is 0 Å². The van der Waals surface area contributed by atoms with E-state index in [4.69, 9.17) is 5.73 Å². The monoisotopic (exact) mass is 289 g/mol. The SMILES string of the molecule is CCc1cnc(C(C)NCCc2ccccc2CN)s1. The van der Waals surface area contributed by atoms with Crippen LogP contribution in [0.2, 0.25) is 0 Å². The van der Waals surface area contributed by atoms with E-state index in [0.29, 0.717) is 12.6 Å². The van der Waals surface area contributed by atoms with Crippen LogP contribution in [0.1, 0.15) is 40.9 Å². The molecule has 0 amide bonds. The lowest BCUT2D eigenvalue weighted by Gasteiger charge is -2.12. The van der Waals surface area contributed by atoms with E-state index in [-0.39, 0.29) is 0 Å².